The molecule has 2 atom stereocenters. The summed E-state index contributed by atoms with van der Waals surface area (Å²) in [5, 5.41) is 19.5. The van der Waals surface area contributed by atoms with Gasteiger partial charge in [0.15, 0.2) is 0 Å². The van der Waals surface area contributed by atoms with Gasteiger partial charge in [-0.25, -0.2) is 0 Å². The molecule has 0 unspecified atom stereocenters. The van der Waals surface area contributed by atoms with Gasteiger partial charge >= 0.3 is 0 Å². The predicted octanol–water partition coefficient (Wildman–Crippen LogP) is 5.45. The van der Waals surface area contributed by atoms with Crippen LogP contribution in [0.1, 0.15) is 73.4 Å². The van der Waals surface area contributed by atoms with Crippen molar-refractivity contribution in [2.24, 2.45) is 0 Å². The third kappa shape index (κ3) is 9.78. The molecule has 1 aromatic carbocycles. The van der Waals surface area contributed by atoms with Crippen LogP contribution in [0.4, 0.5) is 0 Å². The zero-order chi connectivity index (χ0) is 20.3. The fourth-order valence-electron chi connectivity index (χ4n) is 2.61. The Labute approximate surface area is 157 Å². The number of hydrogen-bond acceptors (Lipinski definition) is 3. The minimum absolute atomic E-state index is 0.0342. The maximum atomic E-state index is 10.7. The van der Waals surface area contributed by atoms with Crippen LogP contribution < -0.4 is 0 Å². The van der Waals surface area contributed by atoms with Crippen LogP contribution in [-0.4, -0.2) is 40.9 Å². The zero-order valence-corrected chi connectivity index (χ0v) is 18.1. The summed E-state index contributed by atoms with van der Waals surface area (Å²) in [6.45, 7) is 16.8. The van der Waals surface area contributed by atoms with Gasteiger partial charge in [-0.3, -0.25) is 4.90 Å². The molecular formula is C22H43NO2. The second kappa shape index (κ2) is 19.2. The van der Waals surface area contributed by atoms with E-state index in [0.717, 1.165) is 12.1 Å². The van der Waals surface area contributed by atoms with Crippen molar-refractivity contribution >= 4 is 0 Å². The van der Waals surface area contributed by atoms with E-state index < -0.39 is 5.60 Å². The average molecular weight is 354 g/mol. The van der Waals surface area contributed by atoms with E-state index in [2.05, 4.69) is 4.90 Å². The molecule has 0 aromatic heterocycles. The Morgan fingerprint density at radius 1 is 1.00 bits per heavy atom. The molecule has 1 aliphatic heterocycles. The second-order valence-electron chi connectivity index (χ2n) is 4.62. The topological polar surface area (TPSA) is 43.7 Å². The first-order valence-corrected chi connectivity index (χ1v) is 9.93. The molecule has 1 heterocycles. The molecule has 148 valence electrons. The number of aliphatic hydroxyl groups is 2. The van der Waals surface area contributed by atoms with Gasteiger partial charge in [-0.15, -0.1) is 0 Å². The minimum Gasteiger partial charge on any atom is -0.392 e. The van der Waals surface area contributed by atoms with E-state index in [4.69, 9.17) is 5.11 Å². The van der Waals surface area contributed by atoms with Crippen LogP contribution in [0.3, 0.4) is 0 Å². The van der Waals surface area contributed by atoms with E-state index in [1.807, 2.05) is 92.8 Å². The summed E-state index contributed by atoms with van der Waals surface area (Å²) in [4.78, 5) is 2.15. The van der Waals surface area contributed by atoms with Crippen molar-refractivity contribution in [2.75, 3.05) is 20.2 Å². The molecule has 2 N–H and O–H groups in total. The van der Waals surface area contributed by atoms with Gasteiger partial charge in [0.1, 0.15) is 5.60 Å². The van der Waals surface area contributed by atoms with Crippen molar-refractivity contribution in [3.63, 3.8) is 0 Å². The number of likely N-dealkylation sites (N-methyl/N-ethyl adjacent to an activating group) is 1. The highest BCUT2D eigenvalue weighted by Gasteiger charge is 2.43. The van der Waals surface area contributed by atoms with E-state index in [0.29, 0.717) is 6.42 Å². The van der Waals surface area contributed by atoms with Crippen molar-refractivity contribution in [3.05, 3.63) is 48.0 Å². The van der Waals surface area contributed by atoms with E-state index in [1.54, 1.807) is 12.2 Å². The van der Waals surface area contributed by atoms with E-state index >= 15 is 0 Å². The summed E-state index contributed by atoms with van der Waals surface area (Å²) in [5.74, 6) is 0. The molecule has 25 heavy (non-hydrogen) atoms. The van der Waals surface area contributed by atoms with Crippen molar-refractivity contribution < 1.29 is 10.2 Å². The Morgan fingerprint density at radius 2 is 1.48 bits per heavy atom. The lowest BCUT2D eigenvalue weighted by Gasteiger charge is -2.30. The number of benzene rings is 1. The Hall–Kier alpha value is -1.16. The predicted molar refractivity (Wildman–Crippen MR) is 113 cm³/mol. The summed E-state index contributed by atoms with van der Waals surface area (Å²) in [7, 11) is 2.02. The van der Waals surface area contributed by atoms with Crippen LogP contribution in [0, 0.1) is 0 Å². The third-order valence-corrected chi connectivity index (χ3v) is 3.41. The van der Waals surface area contributed by atoms with Gasteiger partial charge in [-0.1, -0.05) is 97.9 Å². The molecule has 0 radical (unpaired) electrons. The maximum Gasteiger partial charge on any atom is 0.104 e. The van der Waals surface area contributed by atoms with Crippen LogP contribution >= 0.6 is 0 Å². The van der Waals surface area contributed by atoms with Crippen molar-refractivity contribution in [3.8, 4) is 0 Å². The van der Waals surface area contributed by atoms with E-state index in [9.17, 15) is 5.11 Å². The fraction of sp³-hybridized carbons (Fsp3) is 0.636. The zero-order valence-electron chi connectivity index (χ0n) is 18.1. The quantitative estimate of drug-likeness (QED) is 0.710. The SMILES string of the molecule is CC.CC.CC.CC.CN1CC[C@@](O)(/C=C\CO)[C@@H]1c1ccccc1. The Bertz CT molecular complexity index is 392. The van der Waals surface area contributed by atoms with Crippen LogP contribution in [-0.2, 0) is 0 Å². The summed E-state index contributed by atoms with van der Waals surface area (Å²) in [6.07, 6.45) is 4.04. The monoisotopic (exact) mass is 353 g/mol. The molecule has 0 saturated carbocycles. The highest BCUT2D eigenvalue weighted by molar-refractivity contribution is 5.27. The smallest absolute Gasteiger partial charge is 0.104 e. The summed E-state index contributed by atoms with van der Waals surface area (Å²) in [5.41, 5.74) is 0.233. The lowest BCUT2D eigenvalue weighted by molar-refractivity contribution is 0.0524. The van der Waals surface area contributed by atoms with Gasteiger partial charge < -0.3 is 10.2 Å². The number of hydrogen-bond donors (Lipinski definition) is 2. The fourth-order valence-corrected chi connectivity index (χ4v) is 2.61. The molecule has 3 heteroatoms. The van der Waals surface area contributed by atoms with E-state index in [-0.39, 0.29) is 12.6 Å². The molecule has 0 amide bonds. The lowest BCUT2D eigenvalue weighted by atomic mass is 9.89. The molecule has 0 spiro atoms. The molecule has 0 bridgehead atoms. The summed E-state index contributed by atoms with van der Waals surface area (Å²) < 4.78 is 0. The van der Waals surface area contributed by atoms with E-state index in [1.165, 1.54) is 0 Å². The Morgan fingerprint density at radius 3 is 1.92 bits per heavy atom. The summed E-state index contributed by atoms with van der Waals surface area (Å²) in [6, 6.07) is 9.97. The minimum atomic E-state index is -0.876. The molecule has 1 aliphatic rings. The van der Waals surface area contributed by atoms with Gasteiger partial charge in [0.05, 0.1) is 12.6 Å². The molecule has 1 aromatic rings. The molecule has 0 aliphatic carbocycles. The van der Waals surface area contributed by atoms with Crippen LogP contribution in [0.5, 0.6) is 0 Å². The van der Waals surface area contributed by atoms with Crippen LogP contribution in [0.2, 0.25) is 0 Å². The first-order valence-electron chi connectivity index (χ1n) is 9.93. The van der Waals surface area contributed by atoms with Gasteiger partial charge in [0.25, 0.3) is 0 Å². The normalized spacial score (nSPS) is 21.5. The molecule has 3 nitrogen and oxygen atoms in total. The van der Waals surface area contributed by atoms with Crippen molar-refractivity contribution in [1.29, 1.82) is 0 Å². The average Bonchev–Trinajstić information content (AvgIpc) is 3.02. The third-order valence-electron chi connectivity index (χ3n) is 3.41. The Kier molecular flexibility index (Phi) is 22.0. The summed E-state index contributed by atoms with van der Waals surface area (Å²) >= 11 is 0. The molecule has 2 rings (SSSR count). The van der Waals surface area contributed by atoms with Crippen molar-refractivity contribution in [2.45, 2.75) is 73.5 Å². The largest absolute Gasteiger partial charge is 0.392 e. The first-order chi connectivity index (χ1) is 12.2. The second-order valence-corrected chi connectivity index (χ2v) is 4.62. The molecule has 1 fully saturated rings. The lowest BCUT2D eigenvalue weighted by Crippen LogP contribution is -2.34. The molecular weight excluding hydrogens is 310 g/mol. The first kappa shape index (κ1) is 28.6. The van der Waals surface area contributed by atoms with Crippen molar-refractivity contribution in [1.82, 2.24) is 4.90 Å². The van der Waals surface area contributed by atoms with Crippen LogP contribution in [0.15, 0.2) is 42.5 Å². The number of likely N-dealkylation sites (tertiary alicyclic amines) is 1. The van der Waals surface area contributed by atoms with Gasteiger partial charge in [0.2, 0.25) is 0 Å². The highest BCUT2D eigenvalue weighted by Crippen LogP contribution is 2.40. The van der Waals surface area contributed by atoms with Crippen LogP contribution in [0.25, 0.3) is 0 Å². The molecule has 1 saturated heterocycles. The Balaban J connectivity index is -0.000000533. The number of rotatable bonds is 3. The van der Waals surface area contributed by atoms with Gasteiger partial charge in [-0.05, 0) is 19.0 Å². The van der Waals surface area contributed by atoms with Gasteiger partial charge in [0, 0.05) is 6.54 Å². The highest BCUT2D eigenvalue weighted by atomic mass is 16.3. The number of nitrogens with zero attached hydrogens (tertiary/aromatic N) is 1. The van der Waals surface area contributed by atoms with Gasteiger partial charge in [-0.2, -0.15) is 0 Å². The maximum absolute atomic E-state index is 10.7. The number of aliphatic hydroxyl groups excluding tert-OH is 1. The standard InChI is InChI=1S/C14H19NO2.4C2H6/c1-15-10-9-14(17,8-5-11-16)13(15)12-6-3-2-4-7-12;4*1-2/h2-8,13,16-17H,9-11H2,1H3;4*1-2H3/b8-5-;;;;/t13-,14-;;;;/m0..../s1.